The molecule has 0 aliphatic carbocycles. The van der Waals surface area contributed by atoms with Crippen molar-refractivity contribution in [1.29, 1.82) is 0 Å². The first kappa shape index (κ1) is 15.5. The van der Waals surface area contributed by atoms with Gasteiger partial charge in [0.2, 0.25) is 0 Å². The maximum absolute atomic E-state index is 5.32. The van der Waals surface area contributed by atoms with E-state index in [4.69, 9.17) is 4.74 Å². The van der Waals surface area contributed by atoms with Gasteiger partial charge in [-0.05, 0) is 36.0 Å². The first-order chi connectivity index (χ1) is 10.8. The number of morpholine rings is 1. The minimum atomic E-state index is 0.817. The molecule has 22 heavy (non-hydrogen) atoms. The van der Waals surface area contributed by atoms with Crippen LogP contribution in [0.25, 0.3) is 16.5 Å². The average molecular weight is 377 g/mol. The normalized spacial score (nSPS) is 16.0. The lowest BCUT2D eigenvalue weighted by Crippen LogP contribution is -2.31. The zero-order valence-electron chi connectivity index (χ0n) is 12.1. The number of ether oxygens (including phenoxy) is 1. The number of rotatable bonds is 4. The van der Waals surface area contributed by atoms with E-state index >= 15 is 0 Å². The van der Waals surface area contributed by atoms with Gasteiger partial charge < -0.3 is 9.64 Å². The van der Waals surface area contributed by atoms with E-state index in [0.717, 1.165) is 35.8 Å². The number of allylic oxidation sites excluding steroid dienone is 2. The van der Waals surface area contributed by atoms with E-state index < -0.39 is 0 Å². The molecule has 0 amide bonds. The van der Waals surface area contributed by atoms with Crippen molar-refractivity contribution in [1.82, 2.24) is 9.88 Å². The van der Waals surface area contributed by atoms with Crippen LogP contribution in [0.15, 0.2) is 53.3 Å². The lowest BCUT2D eigenvalue weighted by Gasteiger charge is -2.24. The van der Waals surface area contributed by atoms with Crippen LogP contribution in [-0.2, 0) is 4.74 Å². The van der Waals surface area contributed by atoms with E-state index in [-0.39, 0.29) is 0 Å². The fourth-order valence-corrected chi connectivity index (χ4v) is 3.25. The van der Waals surface area contributed by atoms with Gasteiger partial charge in [0.25, 0.3) is 0 Å². The summed E-state index contributed by atoms with van der Waals surface area (Å²) in [6, 6.07) is 8.30. The van der Waals surface area contributed by atoms with Crippen LogP contribution in [0.5, 0.6) is 0 Å². The Bertz CT molecular complexity index is 658. The summed E-state index contributed by atoms with van der Waals surface area (Å²) in [5.74, 6) is 0. The molecule has 3 nitrogen and oxygen atoms in total. The first-order valence-electron chi connectivity index (χ1n) is 7.20. The molecule has 5 heteroatoms. The summed E-state index contributed by atoms with van der Waals surface area (Å²) in [5, 5.41) is 1.02. The van der Waals surface area contributed by atoms with Crippen LogP contribution in [0.3, 0.4) is 0 Å². The molecule has 1 aliphatic rings. The van der Waals surface area contributed by atoms with E-state index in [9.17, 15) is 0 Å². The van der Waals surface area contributed by atoms with Crippen LogP contribution in [0.1, 0.15) is 5.01 Å². The Hall–Kier alpha value is -1.43. The Morgan fingerprint density at radius 2 is 1.91 bits per heavy atom. The molecule has 2 aromatic rings. The number of hydrogen-bond acceptors (Lipinski definition) is 4. The second-order valence-electron chi connectivity index (χ2n) is 4.92. The molecule has 1 saturated heterocycles. The quantitative estimate of drug-likeness (QED) is 0.737. The predicted octanol–water partition coefficient (Wildman–Crippen LogP) is 4.43. The summed E-state index contributed by atoms with van der Waals surface area (Å²) in [4.78, 5) is 7.90. The molecule has 0 N–H and O–H groups in total. The van der Waals surface area contributed by atoms with E-state index in [2.05, 4.69) is 62.4 Å². The third-order valence-electron chi connectivity index (χ3n) is 3.34. The highest BCUT2D eigenvalue weighted by Crippen LogP contribution is 2.27. The Balaban J connectivity index is 1.60. The summed E-state index contributed by atoms with van der Waals surface area (Å²) < 4.78 is 6.41. The van der Waals surface area contributed by atoms with Gasteiger partial charge in [-0.3, -0.25) is 0 Å². The van der Waals surface area contributed by atoms with E-state index in [1.807, 2.05) is 18.3 Å². The molecule has 1 aromatic carbocycles. The van der Waals surface area contributed by atoms with Gasteiger partial charge >= 0.3 is 0 Å². The van der Waals surface area contributed by atoms with Crippen molar-refractivity contribution in [3.05, 3.63) is 58.3 Å². The van der Waals surface area contributed by atoms with Gasteiger partial charge in [0.05, 0.1) is 18.1 Å². The largest absolute Gasteiger partial charge is 0.378 e. The van der Waals surface area contributed by atoms with Crippen LogP contribution >= 0.6 is 27.3 Å². The number of hydrogen-bond donors (Lipinski definition) is 0. The second kappa shape index (κ2) is 7.72. The van der Waals surface area contributed by atoms with Gasteiger partial charge in [-0.1, -0.05) is 34.1 Å². The van der Waals surface area contributed by atoms with Crippen molar-refractivity contribution < 1.29 is 4.74 Å². The summed E-state index contributed by atoms with van der Waals surface area (Å²) in [5.41, 5.74) is 1.20. The molecule has 1 aromatic heterocycles. The molecule has 1 aliphatic heterocycles. The minimum Gasteiger partial charge on any atom is -0.378 e. The van der Waals surface area contributed by atoms with Crippen LogP contribution < -0.4 is 0 Å². The van der Waals surface area contributed by atoms with E-state index in [1.54, 1.807) is 11.3 Å². The zero-order chi connectivity index (χ0) is 15.2. The average Bonchev–Trinajstić information content (AvgIpc) is 3.02. The lowest BCUT2D eigenvalue weighted by molar-refractivity contribution is 0.0594. The molecule has 0 atom stereocenters. The van der Waals surface area contributed by atoms with Gasteiger partial charge in [-0.2, -0.15) is 0 Å². The van der Waals surface area contributed by atoms with Crippen LogP contribution in [-0.4, -0.2) is 36.2 Å². The number of nitrogens with zero attached hydrogens (tertiary/aromatic N) is 2. The van der Waals surface area contributed by atoms with Crippen LogP contribution in [0.2, 0.25) is 0 Å². The topological polar surface area (TPSA) is 25.4 Å². The Kier molecular flexibility index (Phi) is 5.43. The fourth-order valence-electron chi connectivity index (χ4n) is 2.15. The van der Waals surface area contributed by atoms with Crippen molar-refractivity contribution in [3.8, 4) is 10.4 Å². The summed E-state index contributed by atoms with van der Waals surface area (Å²) in [6.45, 7) is 3.57. The molecule has 1 fully saturated rings. The molecule has 0 radical (unpaired) electrons. The smallest absolute Gasteiger partial charge is 0.116 e. The highest BCUT2D eigenvalue weighted by Gasteiger charge is 2.04. The lowest BCUT2D eigenvalue weighted by atomic mass is 10.2. The van der Waals surface area contributed by atoms with Crippen molar-refractivity contribution in [2.24, 2.45) is 0 Å². The highest BCUT2D eigenvalue weighted by molar-refractivity contribution is 9.10. The van der Waals surface area contributed by atoms with E-state index in [1.165, 1.54) is 10.4 Å². The monoisotopic (exact) mass is 376 g/mol. The van der Waals surface area contributed by atoms with Gasteiger partial charge in [0, 0.05) is 23.8 Å². The van der Waals surface area contributed by atoms with Crippen LogP contribution in [0.4, 0.5) is 0 Å². The van der Waals surface area contributed by atoms with Crippen molar-refractivity contribution in [2.45, 2.75) is 0 Å². The molecule has 3 rings (SSSR count). The molecular formula is C17H17BrN2OS. The number of halogens is 1. The third kappa shape index (κ3) is 4.29. The van der Waals surface area contributed by atoms with Crippen molar-refractivity contribution in [3.63, 3.8) is 0 Å². The summed E-state index contributed by atoms with van der Waals surface area (Å²) >= 11 is 5.15. The number of benzene rings is 1. The Labute approximate surface area is 143 Å². The van der Waals surface area contributed by atoms with Gasteiger partial charge in [0.1, 0.15) is 5.01 Å². The molecule has 0 unspecified atom stereocenters. The maximum atomic E-state index is 5.32. The summed E-state index contributed by atoms with van der Waals surface area (Å²) in [7, 11) is 0. The number of aromatic nitrogens is 1. The molecule has 0 spiro atoms. The van der Waals surface area contributed by atoms with E-state index in [0.29, 0.717) is 0 Å². The Morgan fingerprint density at radius 1 is 1.14 bits per heavy atom. The predicted molar refractivity (Wildman–Crippen MR) is 95.8 cm³/mol. The van der Waals surface area contributed by atoms with Crippen LogP contribution in [0, 0.1) is 0 Å². The zero-order valence-corrected chi connectivity index (χ0v) is 14.5. The van der Waals surface area contributed by atoms with Gasteiger partial charge in [-0.15, -0.1) is 11.3 Å². The molecule has 0 bridgehead atoms. The SMILES string of the molecule is Brc1ccc(-c2cnc(/C=C/C=C/N3CCOCC3)s2)cc1. The minimum absolute atomic E-state index is 0.817. The molecule has 2 heterocycles. The number of thiazole rings is 1. The molecule has 114 valence electrons. The van der Waals surface area contributed by atoms with Gasteiger partial charge in [-0.25, -0.2) is 4.98 Å². The fraction of sp³-hybridized carbons (Fsp3) is 0.235. The standard InChI is InChI=1S/C17H17BrN2OS/c18-15-6-4-14(5-7-15)16-13-19-17(22-16)3-1-2-8-20-9-11-21-12-10-20/h1-8,13H,9-12H2/b3-1+,8-2+. The second-order valence-corrected chi connectivity index (χ2v) is 6.90. The first-order valence-corrected chi connectivity index (χ1v) is 8.81. The maximum Gasteiger partial charge on any atom is 0.116 e. The van der Waals surface area contributed by atoms with Gasteiger partial charge in [0.15, 0.2) is 0 Å². The third-order valence-corrected chi connectivity index (χ3v) is 4.89. The van der Waals surface area contributed by atoms with Crippen molar-refractivity contribution >= 4 is 33.3 Å². The Morgan fingerprint density at radius 3 is 2.68 bits per heavy atom. The highest BCUT2D eigenvalue weighted by atomic mass is 79.9. The van der Waals surface area contributed by atoms with Crippen molar-refractivity contribution in [2.75, 3.05) is 26.3 Å². The molecule has 0 saturated carbocycles. The molecular weight excluding hydrogens is 360 g/mol. The summed E-state index contributed by atoms with van der Waals surface area (Å²) in [6.07, 6.45) is 10.2.